The van der Waals surface area contributed by atoms with Gasteiger partial charge in [0.15, 0.2) is 0 Å². The monoisotopic (exact) mass is 346 g/mol. The smallest absolute Gasteiger partial charge is 0.322 e. The van der Waals surface area contributed by atoms with Crippen LogP contribution in [0, 0.1) is 6.92 Å². The molecule has 1 aromatic heterocycles. The summed E-state index contributed by atoms with van der Waals surface area (Å²) in [5.41, 5.74) is 2.90. The molecule has 1 aliphatic rings. The van der Waals surface area contributed by atoms with Crippen molar-refractivity contribution in [3.8, 4) is 5.75 Å². The van der Waals surface area contributed by atoms with Gasteiger partial charge in [0.05, 0.1) is 19.8 Å². The summed E-state index contributed by atoms with van der Waals surface area (Å²) >= 11 is 1.64. The largest absolute Gasteiger partial charge is 0.497 e. The number of ether oxygens (including phenoxy) is 2. The molecule has 2 aromatic rings. The number of carbonyl (C=O) groups is 1. The molecule has 1 N–H and O–H groups in total. The molecule has 128 valence electrons. The quantitative estimate of drug-likeness (QED) is 0.912. The van der Waals surface area contributed by atoms with Crippen LogP contribution in [0.3, 0.4) is 0 Å². The van der Waals surface area contributed by atoms with E-state index in [1.807, 2.05) is 42.3 Å². The van der Waals surface area contributed by atoms with Gasteiger partial charge in [-0.25, -0.2) is 4.79 Å². The third-order valence-corrected chi connectivity index (χ3v) is 4.85. The number of rotatable bonds is 3. The van der Waals surface area contributed by atoms with Crippen LogP contribution >= 0.6 is 11.3 Å². The fourth-order valence-electron chi connectivity index (χ4n) is 2.82. The zero-order valence-electron chi connectivity index (χ0n) is 14.1. The van der Waals surface area contributed by atoms with E-state index in [2.05, 4.69) is 16.8 Å². The molecule has 0 radical (unpaired) electrons. The van der Waals surface area contributed by atoms with Gasteiger partial charge >= 0.3 is 6.03 Å². The number of nitrogens with zero attached hydrogens (tertiary/aromatic N) is 1. The maximum atomic E-state index is 12.7. The molecule has 6 heteroatoms. The summed E-state index contributed by atoms with van der Waals surface area (Å²) in [5.74, 6) is 0.724. The molecule has 0 aliphatic carbocycles. The maximum Gasteiger partial charge on any atom is 0.322 e. The zero-order chi connectivity index (χ0) is 17.1. The number of nitrogens with one attached hydrogen (secondary N) is 1. The van der Waals surface area contributed by atoms with Crippen LogP contribution in [0.15, 0.2) is 35.0 Å². The Morgan fingerprint density at radius 2 is 2.21 bits per heavy atom. The van der Waals surface area contributed by atoms with E-state index in [1.165, 1.54) is 0 Å². The molecule has 5 nitrogen and oxygen atoms in total. The topological polar surface area (TPSA) is 50.8 Å². The Labute approximate surface area is 146 Å². The number of hydrogen-bond acceptors (Lipinski definition) is 4. The van der Waals surface area contributed by atoms with Crippen LogP contribution in [0.4, 0.5) is 10.5 Å². The second-order valence-electron chi connectivity index (χ2n) is 6.01. The van der Waals surface area contributed by atoms with Gasteiger partial charge in [0.1, 0.15) is 11.9 Å². The Kier molecular flexibility index (Phi) is 5.06. The van der Waals surface area contributed by atoms with Gasteiger partial charge in [-0.3, -0.25) is 0 Å². The van der Waals surface area contributed by atoms with Crippen LogP contribution in [0.25, 0.3) is 0 Å². The molecular formula is C18H22N2O3S. The Morgan fingerprint density at radius 3 is 2.92 bits per heavy atom. The highest BCUT2D eigenvalue weighted by molar-refractivity contribution is 7.07. The number of methoxy groups -OCH3 is 1. The van der Waals surface area contributed by atoms with Crippen molar-refractivity contribution in [1.82, 2.24) is 4.90 Å². The molecule has 24 heavy (non-hydrogen) atoms. The summed E-state index contributed by atoms with van der Waals surface area (Å²) in [7, 11) is 1.62. The predicted octanol–water partition coefficient (Wildman–Crippen LogP) is 4.06. The average Bonchev–Trinajstić information content (AvgIpc) is 3.11. The first-order valence-electron chi connectivity index (χ1n) is 7.95. The summed E-state index contributed by atoms with van der Waals surface area (Å²) in [6, 6.07) is 7.60. The zero-order valence-corrected chi connectivity index (χ0v) is 14.9. The fraction of sp³-hybridized carbons (Fsp3) is 0.389. The highest BCUT2D eigenvalue weighted by Gasteiger charge is 2.29. The molecule has 1 saturated heterocycles. The van der Waals surface area contributed by atoms with E-state index in [9.17, 15) is 4.79 Å². The van der Waals surface area contributed by atoms with Gasteiger partial charge in [-0.05, 0) is 47.9 Å². The summed E-state index contributed by atoms with van der Waals surface area (Å²) < 4.78 is 11.2. The minimum Gasteiger partial charge on any atom is -0.497 e. The van der Waals surface area contributed by atoms with Crippen molar-refractivity contribution in [3.63, 3.8) is 0 Å². The lowest BCUT2D eigenvalue weighted by Crippen LogP contribution is -2.47. The molecule has 2 atom stereocenters. The van der Waals surface area contributed by atoms with E-state index in [4.69, 9.17) is 9.47 Å². The van der Waals surface area contributed by atoms with E-state index < -0.39 is 0 Å². The first-order chi connectivity index (χ1) is 11.6. The molecule has 2 heterocycles. The van der Waals surface area contributed by atoms with Gasteiger partial charge in [-0.2, -0.15) is 11.3 Å². The highest BCUT2D eigenvalue weighted by Crippen LogP contribution is 2.28. The van der Waals surface area contributed by atoms with Crippen molar-refractivity contribution in [3.05, 3.63) is 46.2 Å². The average molecular weight is 346 g/mol. The van der Waals surface area contributed by atoms with E-state index in [0.717, 1.165) is 22.6 Å². The summed E-state index contributed by atoms with van der Waals surface area (Å²) in [6.45, 7) is 5.09. The van der Waals surface area contributed by atoms with Crippen molar-refractivity contribution in [2.24, 2.45) is 0 Å². The molecule has 0 bridgehead atoms. The highest BCUT2D eigenvalue weighted by atomic mass is 32.1. The molecule has 3 rings (SSSR count). The van der Waals surface area contributed by atoms with Gasteiger partial charge in [0, 0.05) is 18.3 Å². The van der Waals surface area contributed by atoms with E-state index >= 15 is 0 Å². The second-order valence-corrected chi connectivity index (χ2v) is 6.79. The Bertz CT molecular complexity index is 702. The lowest BCUT2D eigenvalue weighted by atomic mass is 10.1. The van der Waals surface area contributed by atoms with Crippen molar-refractivity contribution in [2.45, 2.75) is 26.1 Å². The molecule has 0 saturated carbocycles. The fourth-order valence-corrected chi connectivity index (χ4v) is 3.52. The van der Waals surface area contributed by atoms with E-state index in [-0.39, 0.29) is 18.2 Å². The first-order valence-corrected chi connectivity index (χ1v) is 8.89. The summed E-state index contributed by atoms with van der Waals surface area (Å²) in [4.78, 5) is 14.5. The predicted molar refractivity (Wildman–Crippen MR) is 95.9 cm³/mol. The standard InChI is InChI=1S/C18H22N2O3S/c1-12-4-5-15(22-3)8-16(12)19-18(21)20-9-13(2)23-17(10-20)14-6-7-24-11-14/h4-8,11,13,17H,9-10H2,1-3H3,(H,19,21)/t13-,17-/m1/s1. The molecule has 1 aliphatic heterocycles. The number of hydrogen-bond donors (Lipinski definition) is 1. The normalized spacial score (nSPS) is 20.7. The molecule has 1 aromatic carbocycles. The summed E-state index contributed by atoms with van der Waals surface area (Å²) in [6.07, 6.45) is -0.0713. The summed E-state index contributed by atoms with van der Waals surface area (Å²) in [5, 5.41) is 7.10. The number of anilines is 1. The lowest BCUT2D eigenvalue weighted by molar-refractivity contribution is -0.0640. The van der Waals surface area contributed by atoms with Gasteiger partial charge in [-0.15, -0.1) is 0 Å². The number of benzene rings is 1. The number of thiophene rings is 1. The Morgan fingerprint density at radius 1 is 1.38 bits per heavy atom. The van der Waals surface area contributed by atoms with Gasteiger partial charge in [0.2, 0.25) is 0 Å². The number of carbonyl (C=O) groups excluding carboxylic acids is 1. The number of morpholine rings is 1. The van der Waals surface area contributed by atoms with Gasteiger partial charge in [-0.1, -0.05) is 6.07 Å². The van der Waals surface area contributed by atoms with Crippen LogP contribution in [-0.4, -0.2) is 37.2 Å². The number of urea groups is 1. The van der Waals surface area contributed by atoms with Crippen LogP contribution in [0.5, 0.6) is 5.75 Å². The lowest BCUT2D eigenvalue weighted by Gasteiger charge is -2.36. The van der Waals surface area contributed by atoms with Crippen LogP contribution in [0.2, 0.25) is 0 Å². The third-order valence-electron chi connectivity index (χ3n) is 4.15. The minimum atomic E-state index is -0.110. The molecule has 0 spiro atoms. The van der Waals surface area contributed by atoms with E-state index in [1.54, 1.807) is 18.4 Å². The molecular weight excluding hydrogens is 324 g/mol. The Hall–Kier alpha value is -2.05. The van der Waals surface area contributed by atoms with Crippen molar-refractivity contribution in [1.29, 1.82) is 0 Å². The van der Waals surface area contributed by atoms with Crippen molar-refractivity contribution >= 4 is 23.1 Å². The molecule has 0 unspecified atom stereocenters. The van der Waals surface area contributed by atoms with Crippen molar-refractivity contribution in [2.75, 3.05) is 25.5 Å². The van der Waals surface area contributed by atoms with Crippen molar-refractivity contribution < 1.29 is 14.3 Å². The molecule has 2 amide bonds. The van der Waals surface area contributed by atoms with Gasteiger partial charge < -0.3 is 19.7 Å². The third kappa shape index (κ3) is 3.71. The van der Waals surface area contributed by atoms with Crippen LogP contribution in [0.1, 0.15) is 24.2 Å². The van der Waals surface area contributed by atoms with Crippen LogP contribution < -0.4 is 10.1 Å². The van der Waals surface area contributed by atoms with Gasteiger partial charge in [0.25, 0.3) is 0 Å². The Balaban J connectivity index is 1.72. The SMILES string of the molecule is COc1ccc(C)c(NC(=O)N2C[C@@H](C)O[C@@H](c3ccsc3)C2)c1. The second kappa shape index (κ2) is 7.23. The number of aryl methyl sites for hydroxylation is 1. The number of amides is 2. The minimum absolute atomic E-state index is 0.000747. The maximum absolute atomic E-state index is 12.7. The molecule has 1 fully saturated rings. The first kappa shape index (κ1) is 16.8. The van der Waals surface area contributed by atoms with Crippen LogP contribution in [-0.2, 0) is 4.74 Å². The van der Waals surface area contributed by atoms with E-state index in [0.29, 0.717) is 13.1 Å².